The summed E-state index contributed by atoms with van der Waals surface area (Å²) in [5, 5.41) is 16.8. The quantitative estimate of drug-likeness (QED) is 0.275. The highest BCUT2D eigenvalue weighted by Crippen LogP contribution is 2.27. The Kier molecular flexibility index (Phi) is 6.54. The number of ether oxygens (including phenoxy) is 1. The number of aliphatic imine (C=N–C) groups is 1. The molecule has 3 N–H and O–H groups in total. The van der Waals surface area contributed by atoms with Crippen molar-refractivity contribution in [3.63, 3.8) is 0 Å². The molecule has 0 saturated carbocycles. The Morgan fingerprint density at radius 2 is 1.98 bits per heavy atom. The van der Waals surface area contributed by atoms with Gasteiger partial charge in [-0.3, -0.25) is 4.90 Å². The van der Waals surface area contributed by atoms with Crippen LogP contribution in [0.3, 0.4) is 0 Å². The van der Waals surface area contributed by atoms with Gasteiger partial charge in [-0.15, -0.1) is 5.10 Å². The molecule has 214 valence electrons. The normalized spacial score (nSPS) is 15.6. The standard InChI is InChI=1S/C26H26FN13O2/c1-41-15-21-32-22(36-42-21)16-2-3-18(27)20(12-16)38-9-6-37(7-10-38)8-11-39-24-17(13-31-39)25-33-23(19-14-29-4-5-30-19)35-40(25)26(28)34-24/h2-5,12-13,30H,6-11,15H2,1H3,(H2,28,34). The highest BCUT2D eigenvalue weighted by Gasteiger charge is 2.22. The van der Waals surface area contributed by atoms with Crippen LogP contribution in [0.25, 0.3) is 33.8 Å². The smallest absolute Gasteiger partial charge is 0.252 e. The van der Waals surface area contributed by atoms with Crippen LogP contribution in [0.5, 0.6) is 0 Å². The molecule has 0 unspecified atom stereocenters. The average Bonchev–Trinajstić information content (AvgIpc) is 3.77. The van der Waals surface area contributed by atoms with Crippen LogP contribution in [-0.2, 0) is 17.9 Å². The lowest BCUT2D eigenvalue weighted by Crippen LogP contribution is -2.47. The van der Waals surface area contributed by atoms with E-state index in [9.17, 15) is 4.39 Å². The summed E-state index contributed by atoms with van der Waals surface area (Å²) in [6.07, 6.45) is 4.99. The summed E-state index contributed by atoms with van der Waals surface area (Å²) in [4.78, 5) is 21.8. The van der Waals surface area contributed by atoms with Crippen LogP contribution in [0.15, 0.2) is 46.3 Å². The summed E-state index contributed by atoms with van der Waals surface area (Å²) in [6, 6.07) is 4.85. The van der Waals surface area contributed by atoms with Crippen molar-refractivity contribution in [1.82, 2.24) is 49.7 Å². The number of anilines is 2. The molecule has 1 aromatic carbocycles. The molecule has 0 atom stereocenters. The molecule has 0 amide bonds. The Balaban J connectivity index is 1.02. The largest absolute Gasteiger partial charge is 0.375 e. The topological polar surface area (TPSA) is 166 Å². The van der Waals surface area contributed by atoms with Crippen LogP contribution >= 0.6 is 0 Å². The van der Waals surface area contributed by atoms with Crippen molar-refractivity contribution in [3.05, 3.63) is 54.3 Å². The second-order valence-electron chi connectivity index (χ2n) is 9.76. The number of nitrogen functional groups attached to an aromatic ring is 1. The van der Waals surface area contributed by atoms with Gasteiger partial charge in [0.05, 0.1) is 30.0 Å². The van der Waals surface area contributed by atoms with Crippen molar-refractivity contribution >= 4 is 39.9 Å². The number of aromatic nitrogens is 8. The molecule has 42 heavy (non-hydrogen) atoms. The molecule has 0 radical (unpaired) electrons. The Bertz CT molecular complexity index is 1880. The van der Waals surface area contributed by atoms with Crippen LogP contribution < -0.4 is 16.0 Å². The molecule has 1 saturated heterocycles. The predicted octanol–water partition coefficient (Wildman–Crippen LogP) is 1.30. The van der Waals surface area contributed by atoms with Gasteiger partial charge in [-0.2, -0.15) is 19.6 Å². The van der Waals surface area contributed by atoms with Crippen LogP contribution in [0, 0.1) is 5.82 Å². The van der Waals surface area contributed by atoms with Crippen LogP contribution in [0.2, 0.25) is 0 Å². The number of benzene rings is 1. The molecular formula is C26H26FN13O2. The van der Waals surface area contributed by atoms with Gasteiger partial charge in [0.1, 0.15) is 18.1 Å². The predicted molar refractivity (Wildman–Crippen MR) is 151 cm³/mol. The lowest BCUT2D eigenvalue weighted by molar-refractivity contribution is 0.151. The zero-order valence-electron chi connectivity index (χ0n) is 22.6. The molecule has 16 heteroatoms. The Labute approximate surface area is 237 Å². The van der Waals surface area contributed by atoms with Gasteiger partial charge < -0.3 is 25.2 Å². The van der Waals surface area contributed by atoms with E-state index in [0.717, 1.165) is 25.0 Å². The fourth-order valence-corrected chi connectivity index (χ4v) is 5.03. The first-order valence-electron chi connectivity index (χ1n) is 13.3. The lowest BCUT2D eigenvalue weighted by Gasteiger charge is -2.36. The molecule has 5 aromatic rings. The van der Waals surface area contributed by atoms with Crippen molar-refractivity contribution in [3.8, 4) is 11.4 Å². The van der Waals surface area contributed by atoms with E-state index in [1.807, 2.05) is 9.58 Å². The Hall–Kier alpha value is -5.18. The summed E-state index contributed by atoms with van der Waals surface area (Å²) in [5.41, 5.74) is 9.15. The minimum Gasteiger partial charge on any atom is -0.375 e. The highest BCUT2D eigenvalue weighted by atomic mass is 19.1. The SMILES string of the molecule is COCc1nc(-c2ccc(F)c(N3CCN(CCn4ncc5c4nc(N)n4nc(C6=C=NC=CN6)nc54)CC3)c2)no1. The second-order valence-corrected chi connectivity index (χ2v) is 9.76. The monoisotopic (exact) mass is 571 g/mol. The summed E-state index contributed by atoms with van der Waals surface area (Å²) < 4.78 is 28.4. The first-order chi connectivity index (χ1) is 20.6. The number of nitrogens with zero attached hydrogens (tertiary/aromatic N) is 11. The van der Waals surface area contributed by atoms with Gasteiger partial charge in [0.2, 0.25) is 17.6 Å². The van der Waals surface area contributed by atoms with E-state index in [2.05, 4.69) is 51.4 Å². The molecule has 2 aliphatic rings. The molecule has 0 aliphatic carbocycles. The van der Waals surface area contributed by atoms with Gasteiger partial charge in [-0.05, 0) is 18.2 Å². The fraction of sp³-hybridized carbons (Fsp3) is 0.308. The van der Waals surface area contributed by atoms with Gasteiger partial charge in [0, 0.05) is 57.5 Å². The van der Waals surface area contributed by atoms with E-state index in [-0.39, 0.29) is 18.4 Å². The van der Waals surface area contributed by atoms with Crippen LogP contribution in [0.1, 0.15) is 11.7 Å². The van der Waals surface area contributed by atoms with Gasteiger partial charge in [0.15, 0.2) is 11.3 Å². The molecule has 7 rings (SSSR count). The number of nitrogens with one attached hydrogen (secondary N) is 1. The van der Waals surface area contributed by atoms with Gasteiger partial charge in [0.25, 0.3) is 5.89 Å². The van der Waals surface area contributed by atoms with E-state index < -0.39 is 0 Å². The highest BCUT2D eigenvalue weighted by molar-refractivity contribution is 5.92. The minimum atomic E-state index is -0.290. The fourth-order valence-electron chi connectivity index (χ4n) is 5.03. The maximum Gasteiger partial charge on any atom is 0.252 e. The number of rotatable bonds is 8. The molecule has 4 aromatic heterocycles. The van der Waals surface area contributed by atoms with Crippen LogP contribution in [-0.4, -0.2) is 90.1 Å². The molecule has 0 bridgehead atoms. The maximum absolute atomic E-state index is 14.8. The van der Waals surface area contributed by atoms with E-state index in [1.165, 1.54) is 10.6 Å². The number of hydrogen-bond donors (Lipinski definition) is 2. The van der Waals surface area contributed by atoms with Gasteiger partial charge in [-0.1, -0.05) is 5.16 Å². The summed E-state index contributed by atoms with van der Waals surface area (Å²) in [5.74, 6) is 3.93. The van der Waals surface area contributed by atoms with Crippen molar-refractivity contribution in [1.29, 1.82) is 0 Å². The Morgan fingerprint density at radius 1 is 1.10 bits per heavy atom. The summed E-state index contributed by atoms with van der Waals surface area (Å²) >= 11 is 0. The first kappa shape index (κ1) is 25.8. The third-order valence-corrected chi connectivity index (χ3v) is 7.16. The molecular weight excluding hydrogens is 545 g/mol. The average molecular weight is 572 g/mol. The van der Waals surface area contributed by atoms with Crippen molar-refractivity contribution < 1.29 is 13.7 Å². The van der Waals surface area contributed by atoms with Crippen LogP contribution in [0.4, 0.5) is 16.0 Å². The number of methoxy groups -OCH3 is 1. The summed E-state index contributed by atoms with van der Waals surface area (Å²) in [7, 11) is 1.55. The van der Waals surface area contributed by atoms with Gasteiger partial charge >= 0.3 is 0 Å². The van der Waals surface area contributed by atoms with Crippen molar-refractivity contribution in [2.24, 2.45) is 4.99 Å². The molecule has 15 nitrogen and oxygen atoms in total. The van der Waals surface area contributed by atoms with E-state index >= 15 is 0 Å². The summed E-state index contributed by atoms with van der Waals surface area (Å²) in [6.45, 7) is 4.40. The van der Waals surface area contributed by atoms with E-state index in [1.54, 1.807) is 37.8 Å². The third-order valence-electron chi connectivity index (χ3n) is 7.16. The van der Waals surface area contributed by atoms with Gasteiger partial charge in [-0.25, -0.2) is 19.0 Å². The second kappa shape index (κ2) is 10.7. The van der Waals surface area contributed by atoms with E-state index in [0.29, 0.717) is 65.4 Å². The zero-order chi connectivity index (χ0) is 28.6. The Morgan fingerprint density at radius 3 is 2.79 bits per heavy atom. The molecule has 0 spiro atoms. The lowest BCUT2D eigenvalue weighted by atomic mass is 10.1. The minimum absolute atomic E-state index is 0.204. The zero-order valence-corrected chi connectivity index (χ0v) is 22.6. The van der Waals surface area contributed by atoms with Crippen molar-refractivity contribution in [2.75, 3.05) is 50.5 Å². The number of nitrogens with two attached hydrogens (primary N) is 1. The number of fused-ring (bicyclic) bond motifs is 3. The number of hydrogen-bond acceptors (Lipinski definition) is 13. The number of halogens is 1. The number of piperazine rings is 1. The maximum atomic E-state index is 14.8. The molecule has 2 aliphatic heterocycles. The molecule has 1 fully saturated rings. The first-order valence-corrected chi connectivity index (χ1v) is 13.3. The molecule has 6 heterocycles. The third kappa shape index (κ3) is 4.72. The van der Waals surface area contributed by atoms with Crippen molar-refractivity contribution in [2.45, 2.75) is 13.2 Å². The van der Waals surface area contributed by atoms with E-state index in [4.69, 9.17) is 15.0 Å².